The molecule has 0 radical (unpaired) electrons. The average Bonchev–Trinajstić information content (AvgIpc) is 2.89. The van der Waals surface area contributed by atoms with Crippen molar-refractivity contribution in [1.29, 1.82) is 0 Å². The van der Waals surface area contributed by atoms with E-state index in [0.717, 1.165) is 11.8 Å². The molecule has 0 aromatic heterocycles. The van der Waals surface area contributed by atoms with Crippen molar-refractivity contribution in [3.8, 4) is 0 Å². The Bertz CT molecular complexity index is 442. The Morgan fingerprint density at radius 3 is 2.24 bits per heavy atom. The Labute approximate surface area is 130 Å². The van der Waals surface area contributed by atoms with Gasteiger partial charge in [-0.15, -0.1) is 0 Å². The minimum atomic E-state index is 0.215. The Morgan fingerprint density at radius 1 is 1.19 bits per heavy atom. The minimum absolute atomic E-state index is 0.215. The van der Waals surface area contributed by atoms with Gasteiger partial charge in [-0.3, -0.25) is 4.90 Å². The van der Waals surface area contributed by atoms with Crippen LogP contribution in [0.25, 0.3) is 0 Å². The van der Waals surface area contributed by atoms with Crippen LogP contribution in [0.15, 0.2) is 24.3 Å². The van der Waals surface area contributed by atoms with Crippen LogP contribution in [-0.4, -0.2) is 24.5 Å². The van der Waals surface area contributed by atoms with Gasteiger partial charge < -0.3 is 5.73 Å². The smallest absolute Gasteiger partial charge is 0.0470 e. The van der Waals surface area contributed by atoms with Crippen LogP contribution in [0.3, 0.4) is 0 Å². The third-order valence-electron chi connectivity index (χ3n) is 5.02. The molecule has 1 fully saturated rings. The molecular weight excluding hydrogens is 256 g/mol. The van der Waals surface area contributed by atoms with Gasteiger partial charge in [0, 0.05) is 19.1 Å². The SMILES string of the molecule is CC(C)C1CCN(C(CN)c2ccc(C(C)(C)C)cc2)C1. The maximum absolute atomic E-state index is 6.09. The molecular formula is C19H32N2. The van der Waals surface area contributed by atoms with Crippen molar-refractivity contribution in [2.75, 3.05) is 19.6 Å². The molecule has 0 bridgehead atoms. The van der Waals surface area contributed by atoms with Gasteiger partial charge in [0.05, 0.1) is 0 Å². The third kappa shape index (κ3) is 3.87. The van der Waals surface area contributed by atoms with E-state index in [1.165, 1.54) is 30.6 Å². The van der Waals surface area contributed by atoms with E-state index < -0.39 is 0 Å². The van der Waals surface area contributed by atoms with Gasteiger partial charge >= 0.3 is 0 Å². The summed E-state index contributed by atoms with van der Waals surface area (Å²) in [6, 6.07) is 9.48. The van der Waals surface area contributed by atoms with Crippen LogP contribution in [0.4, 0.5) is 0 Å². The number of nitrogens with zero attached hydrogens (tertiary/aromatic N) is 1. The summed E-state index contributed by atoms with van der Waals surface area (Å²) < 4.78 is 0. The van der Waals surface area contributed by atoms with Crippen molar-refractivity contribution in [2.24, 2.45) is 17.6 Å². The number of benzene rings is 1. The van der Waals surface area contributed by atoms with E-state index in [4.69, 9.17) is 5.73 Å². The van der Waals surface area contributed by atoms with E-state index in [-0.39, 0.29) is 5.41 Å². The summed E-state index contributed by atoms with van der Waals surface area (Å²) in [7, 11) is 0. The van der Waals surface area contributed by atoms with Gasteiger partial charge in [-0.25, -0.2) is 0 Å². The molecule has 0 saturated carbocycles. The molecule has 2 heteroatoms. The van der Waals surface area contributed by atoms with Gasteiger partial charge in [0.25, 0.3) is 0 Å². The molecule has 1 aromatic carbocycles. The first-order valence-electron chi connectivity index (χ1n) is 8.37. The summed E-state index contributed by atoms with van der Waals surface area (Å²) in [5.74, 6) is 1.60. The minimum Gasteiger partial charge on any atom is -0.329 e. The number of likely N-dealkylation sites (tertiary alicyclic amines) is 1. The fourth-order valence-electron chi connectivity index (χ4n) is 3.34. The fraction of sp³-hybridized carbons (Fsp3) is 0.684. The molecule has 1 saturated heterocycles. The zero-order valence-corrected chi connectivity index (χ0v) is 14.4. The topological polar surface area (TPSA) is 29.3 Å². The maximum Gasteiger partial charge on any atom is 0.0470 e. The van der Waals surface area contributed by atoms with E-state index in [1.807, 2.05) is 0 Å². The molecule has 0 amide bonds. The second-order valence-electron chi connectivity index (χ2n) is 7.91. The van der Waals surface area contributed by atoms with Gasteiger partial charge in [0.1, 0.15) is 0 Å². The van der Waals surface area contributed by atoms with Crippen molar-refractivity contribution in [3.63, 3.8) is 0 Å². The molecule has 2 unspecified atom stereocenters. The first-order chi connectivity index (χ1) is 9.82. The van der Waals surface area contributed by atoms with E-state index in [2.05, 4.69) is 63.8 Å². The largest absolute Gasteiger partial charge is 0.329 e. The first-order valence-corrected chi connectivity index (χ1v) is 8.37. The lowest BCUT2D eigenvalue weighted by atomic mass is 9.86. The molecule has 1 heterocycles. The highest BCUT2D eigenvalue weighted by atomic mass is 15.2. The maximum atomic E-state index is 6.09. The molecule has 21 heavy (non-hydrogen) atoms. The number of nitrogens with two attached hydrogens (primary N) is 1. The van der Waals surface area contributed by atoms with Crippen molar-refractivity contribution in [3.05, 3.63) is 35.4 Å². The standard InChI is InChI=1S/C19H32N2/c1-14(2)16-10-11-21(13-16)18(12-20)15-6-8-17(9-7-15)19(3,4)5/h6-9,14,16,18H,10-13,20H2,1-5H3. The summed E-state index contributed by atoms with van der Waals surface area (Å²) in [6.45, 7) is 14.5. The second kappa shape index (κ2) is 6.50. The molecule has 2 atom stereocenters. The highest BCUT2D eigenvalue weighted by Crippen LogP contribution is 2.31. The molecule has 2 nitrogen and oxygen atoms in total. The van der Waals surface area contributed by atoms with Gasteiger partial charge in [-0.05, 0) is 41.3 Å². The average molecular weight is 288 g/mol. The van der Waals surface area contributed by atoms with Gasteiger partial charge in [0.15, 0.2) is 0 Å². The quantitative estimate of drug-likeness (QED) is 0.908. The molecule has 0 aliphatic carbocycles. The van der Waals surface area contributed by atoms with Crippen LogP contribution < -0.4 is 5.73 Å². The van der Waals surface area contributed by atoms with E-state index in [1.54, 1.807) is 0 Å². The van der Waals surface area contributed by atoms with Crippen molar-refractivity contribution < 1.29 is 0 Å². The normalized spacial score (nSPS) is 22.0. The van der Waals surface area contributed by atoms with Crippen molar-refractivity contribution in [1.82, 2.24) is 4.90 Å². The monoisotopic (exact) mass is 288 g/mol. The lowest BCUT2D eigenvalue weighted by Gasteiger charge is -2.28. The van der Waals surface area contributed by atoms with E-state index >= 15 is 0 Å². The molecule has 118 valence electrons. The van der Waals surface area contributed by atoms with E-state index in [0.29, 0.717) is 12.6 Å². The summed E-state index contributed by atoms with van der Waals surface area (Å²) >= 11 is 0. The Kier molecular flexibility index (Phi) is 5.11. The Hall–Kier alpha value is -0.860. The number of hydrogen-bond donors (Lipinski definition) is 1. The number of hydrogen-bond acceptors (Lipinski definition) is 2. The summed E-state index contributed by atoms with van der Waals surface area (Å²) in [5, 5.41) is 0. The molecule has 2 N–H and O–H groups in total. The molecule has 0 spiro atoms. The zero-order chi connectivity index (χ0) is 15.6. The Balaban J connectivity index is 2.11. The molecule has 1 aliphatic heterocycles. The Morgan fingerprint density at radius 2 is 1.81 bits per heavy atom. The third-order valence-corrected chi connectivity index (χ3v) is 5.02. The van der Waals surface area contributed by atoms with Crippen LogP contribution in [0.2, 0.25) is 0 Å². The lowest BCUT2D eigenvalue weighted by molar-refractivity contribution is 0.232. The summed E-state index contributed by atoms with van der Waals surface area (Å²) in [4.78, 5) is 2.58. The van der Waals surface area contributed by atoms with Crippen LogP contribution >= 0.6 is 0 Å². The zero-order valence-electron chi connectivity index (χ0n) is 14.4. The fourth-order valence-corrected chi connectivity index (χ4v) is 3.34. The van der Waals surface area contributed by atoms with Gasteiger partial charge in [0.2, 0.25) is 0 Å². The molecule has 1 aromatic rings. The second-order valence-corrected chi connectivity index (χ2v) is 7.91. The highest BCUT2D eigenvalue weighted by Gasteiger charge is 2.30. The van der Waals surface area contributed by atoms with Crippen LogP contribution in [0.5, 0.6) is 0 Å². The van der Waals surface area contributed by atoms with Gasteiger partial charge in [-0.1, -0.05) is 58.9 Å². The van der Waals surface area contributed by atoms with Crippen LogP contribution in [-0.2, 0) is 5.41 Å². The van der Waals surface area contributed by atoms with Crippen LogP contribution in [0, 0.1) is 11.8 Å². The highest BCUT2D eigenvalue weighted by molar-refractivity contribution is 5.29. The van der Waals surface area contributed by atoms with Crippen LogP contribution in [0.1, 0.15) is 58.2 Å². The van der Waals surface area contributed by atoms with Crippen molar-refractivity contribution >= 4 is 0 Å². The summed E-state index contributed by atoms with van der Waals surface area (Å²) in [5.41, 5.74) is 9.07. The lowest BCUT2D eigenvalue weighted by Crippen LogP contribution is -2.32. The van der Waals surface area contributed by atoms with Gasteiger partial charge in [-0.2, -0.15) is 0 Å². The first kappa shape index (κ1) is 16.5. The molecule has 2 rings (SSSR count). The summed E-state index contributed by atoms with van der Waals surface area (Å²) in [6.07, 6.45) is 1.31. The van der Waals surface area contributed by atoms with E-state index in [9.17, 15) is 0 Å². The predicted octanol–water partition coefficient (Wildman–Crippen LogP) is 3.96. The van der Waals surface area contributed by atoms with Crippen molar-refractivity contribution in [2.45, 2.75) is 52.5 Å². The number of rotatable bonds is 4. The molecule has 1 aliphatic rings. The predicted molar refractivity (Wildman–Crippen MR) is 91.5 cm³/mol.